The van der Waals surface area contributed by atoms with E-state index >= 15 is 0 Å². The number of rotatable bonds is 2. The molecule has 3 aliphatic rings. The number of ether oxygens (including phenoxy) is 2. The average molecular weight is 431 g/mol. The van der Waals surface area contributed by atoms with Crippen LogP contribution in [0.5, 0.6) is 0 Å². The average Bonchev–Trinajstić information content (AvgIpc) is 3.30. The van der Waals surface area contributed by atoms with Crippen LogP contribution in [0.25, 0.3) is 0 Å². The third-order valence-corrected chi connectivity index (χ3v) is 7.95. The number of halogens is 3. The van der Waals surface area contributed by atoms with Crippen molar-refractivity contribution in [1.29, 1.82) is 5.26 Å². The second kappa shape index (κ2) is 6.50. The molecular weight excluding hydrogens is 415 g/mol. The van der Waals surface area contributed by atoms with E-state index < -0.39 is 62.8 Å². The van der Waals surface area contributed by atoms with Crippen molar-refractivity contribution < 1.29 is 35.9 Å². The molecule has 1 amide bonds. The maximum absolute atomic E-state index is 13.3. The number of anilines is 1. The van der Waals surface area contributed by atoms with Gasteiger partial charge in [0, 0.05) is 12.5 Å². The zero-order valence-corrected chi connectivity index (χ0v) is 15.8. The molecule has 5 atom stereocenters. The summed E-state index contributed by atoms with van der Waals surface area (Å²) >= 11 is 0. The standard InChI is InChI=1S/C17H16F3N3O5S/c1-27-16(24)22-12-5-13-10-7-23(29(25,26)15(10)14(12)28-13)9-3-2-8(6-21)11(4-9)17(18,19)20/h2-4,10,12-15H,5,7H2,1H3,(H,22,24)/t10-,12-,13-,14-,15-/m0/s1. The number of benzene rings is 1. The Hall–Kier alpha value is -2.52. The Kier molecular flexibility index (Phi) is 4.43. The Labute approximate surface area is 164 Å². The molecule has 12 heteroatoms. The number of amides is 1. The molecule has 4 rings (SSSR count). The summed E-state index contributed by atoms with van der Waals surface area (Å²) in [7, 11) is -2.86. The van der Waals surface area contributed by atoms with Crippen LogP contribution in [0.4, 0.5) is 23.7 Å². The topological polar surface area (TPSA) is 109 Å². The molecule has 8 nitrogen and oxygen atoms in total. The Bertz CT molecular complexity index is 1010. The molecule has 2 bridgehead atoms. The minimum absolute atomic E-state index is 0.0255. The molecule has 156 valence electrons. The number of methoxy groups -OCH3 is 1. The predicted molar refractivity (Wildman–Crippen MR) is 92.3 cm³/mol. The lowest BCUT2D eigenvalue weighted by atomic mass is 9.85. The molecule has 3 fully saturated rings. The molecule has 1 aromatic carbocycles. The van der Waals surface area contributed by atoms with Gasteiger partial charge >= 0.3 is 12.3 Å². The van der Waals surface area contributed by atoms with Crippen LogP contribution in [-0.2, 0) is 25.7 Å². The smallest absolute Gasteiger partial charge is 0.417 e. The largest absolute Gasteiger partial charge is 0.453 e. The van der Waals surface area contributed by atoms with E-state index in [4.69, 9.17) is 10.00 Å². The van der Waals surface area contributed by atoms with Gasteiger partial charge in [-0.05, 0) is 24.6 Å². The van der Waals surface area contributed by atoms with Gasteiger partial charge in [-0.2, -0.15) is 18.4 Å². The molecule has 0 saturated carbocycles. The van der Waals surface area contributed by atoms with E-state index in [1.807, 2.05) is 0 Å². The lowest BCUT2D eigenvalue weighted by Crippen LogP contribution is -2.50. The number of fused-ring (bicyclic) bond motifs is 5. The van der Waals surface area contributed by atoms with E-state index in [0.717, 1.165) is 10.4 Å². The van der Waals surface area contributed by atoms with Gasteiger partial charge in [0.2, 0.25) is 10.0 Å². The summed E-state index contributed by atoms with van der Waals surface area (Å²) in [6.45, 7) is -0.0255. The molecule has 29 heavy (non-hydrogen) atoms. The van der Waals surface area contributed by atoms with Gasteiger partial charge in [-0.25, -0.2) is 13.2 Å². The summed E-state index contributed by atoms with van der Waals surface area (Å²) in [4.78, 5) is 11.5. The summed E-state index contributed by atoms with van der Waals surface area (Å²) in [6, 6.07) is 3.76. The predicted octanol–water partition coefficient (Wildman–Crippen LogP) is 1.61. The quantitative estimate of drug-likeness (QED) is 0.762. The van der Waals surface area contributed by atoms with Gasteiger partial charge in [-0.15, -0.1) is 0 Å². The van der Waals surface area contributed by atoms with Crippen molar-refractivity contribution in [3.8, 4) is 6.07 Å². The molecule has 1 aromatic rings. The van der Waals surface area contributed by atoms with E-state index in [9.17, 15) is 26.4 Å². The second-order valence-electron chi connectivity index (χ2n) is 7.16. The van der Waals surface area contributed by atoms with E-state index in [-0.39, 0.29) is 12.2 Å². The SMILES string of the molecule is COC(=O)N[C@H]1C[C@@H]2O[C@@H]1[C@@H]1[C@H]2CN(c2ccc(C#N)c(C(F)(F)F)c2)S1(=O)=O. The van der Waals surface area contributed by atoms with E-state index in [1.54, 1.807) is 0 Å². The second-order valence-corrected chi connectivity index (χ2v) is 9.18. The van der Waals surface area contributed by atoms with Crippen LogP contribution in [-0.4, -0.2) is 51.7 Å². The van der Waals surface area contributed by atoms with Gasteiger partial charge in [-0.3, -0.25) is 4.31 Å². The van der Waals surface area contributed by atoms with Crippen molar-refractivity contribution in [2.24, 2.45) is 5.92 Å². The molecule has 0 radical (unpaired) electrons. The fourth-order valence-corrected chi connectivity index (χ4v) is 6.83. The van der Waals surface area contributed by atoms with Gasteiger partial charge < -0.3 is 14.8 Å². The molecule has 0 spiro atoms. The Balaban J connectivity index is 1.67. The third-order valence-electron chi connectivity index (χ3n) is 5.67. The van der Waals surface area contributed by atoms with Crippen LogP contribution < -0.4 is 9.62 Å². The highest BCUT2D eigenvalue weighted by Crippen LogP contribution is 2.49. The third kappa shape index (κ3) is 3.00. The van der Waals surface area contributed by atoms with Crippen LogP contribution in [0.1, 0.15) is 17.5 Å². The molecular formula is C17H16F3N3O5S. The first-order valence-corrected chi connectivity index (χ1v) is 10.2. The fraction of sp³-hybridized carbons (Fsp3) is 0.529. The van der Waals surface area contributed by atoms with Gasteiger partial charge in [0.15, 0.2) is 0 Å². The summed E-state index contributed by atoms with van der Waals surface area (Å²) in [5, 5.41) is 10.5. The van der Waals surface area contributed by atoms with E-state index in [2.05, 4.69) is 10.1 Å². The molecule has 3 aliphatic heterocycles. The number of alkyl carbamates (subject to hydrolysis) is 1. The van der Waals surface area contributed by atoms with Crippen molar-refractivity contribution in [3.63, 3.8) is 0 Å². The lowest BCUT2D eigenvalue weighted by Gasteiger charge is -2.26. The summed E-state index contributed by atoms with van der Waals surface area (Å²) in [5.41, 5.74) is -1.92. The van der Waals surface area contributed by atoms with Crippen molar-refractivity contribution in [1.82, 2.24) is 5.32 Å². The van der Waals surface area contributed by atoms with Crippen LogP contribution in [0.15, 0.2) is 18.2 Å². The monoisotopic (exact) mass is 431 g/mol. The first kappa shape index (κ1) is 19.8. The molecule has 3 heterocycles. The number of hydrogen-bond acceptors (Lipinski definition) is 6. The van der Waals surface area contributed by atoms with E-state index in [1.165, 1.54) is 19.2 Å². The van der Waals surface area contributed by atoms with Crippen molar-refractivity contribution in [2.45, 2.75) is 36.1 Å². The summed E-state index contributed by atoms with van der Waals surface area (Å²) in [5.74, 6) is -0.425. The molecule has 0 aromatic heterocycles. The highest BCUT2D eigenvalue weighted by Gasteiger charge is 2.64. The van der Waals surface area contributed by atoms with Crippen molar-refractivity contribution in [3.05, 3.63) is 29.3 Å². The minimum Gasteiger partial charge on any atom is -0.453 e. The Morgan fingerprint density at radius 2 is 2.14 bits per heavy atom. The number of carbonyl (C=O) groups is 1. The first-order chi connectivity index (χ1) is 13.6. The Morgan fingerprint density at radius 3 is 2.76 bits per heavy atom. The van der Waals surface area contributed by atoms with Gasteiger partial charge in [0.05, 0.1) is 48.2 Å². The van der Waals surface area contributed by atoms with Crippen molar-refractivity contribution >= 4 is 21.8 Å². The maximum Gasteiger partial charge on any atom is 0.417 e. The highest BCUT2D eigenvalue weighted by molar-refractivity contribution is 7.93. The normalized spacial score (nSPS) is 32.0. The number of nitrogens with one attached hydrogen (secondary N) is 1. The molecule has 0 aliphatic carbocycles. The first-order valence-electron chi connectivity index (χ1n) is 8.70. The highest BCUT2D eigenvalue weighted by atomic mass is 32.2. The minimum atomic E-state index is -4.79. The maximum atomic E-state index is 13.3. The number of nitriles is 1. The number of sulfonamides is 1. The van der Waals surface area contributed by atoms with Crippen LogP contribution in [0, 0.1) is 17.2 Å². The number of nitrogens with zero attached hydrogens (tertiary/aromatic N) is 2. The zero-order chi connectivity index (χ0) is 21.1. The summed E-state index contributed by atoms with van der Waals surface area (Å²) < 4.78 is 77.3. The lowest BCUT2D eigenvalue weighted by molar-refractivity contribution is -0.137. The number of hydrogen-bond donors (Lipinski definition) is 1. The van der Waals surface area contributed by atoms with Gasteiger partial charge in [0.25, 0.3) is 0 Å². The molecule has 3 saturated heterocycles. The van der Waals surface area contributed by atoms with Crippen molar-refractivity contribution in [2.75, 3.05) is 18.0 Å². The van der Waals surface area contributed by atoms with Gasteiger partial charge in [0.1, 0.15) is 5.25 Å². The number of carbonyl (C=O) groups excluding carboxylic acids is 1. The Morgan fingerprint density at radius 1 is 1.41 bits per heavy atom. The van der Waals surface area contributed by atoms with Crippen LogP contribution in [0.3, 0.4) is 0 Å². The molecule has 1 N–H and O–H groups in total. The zero-order valence-electron chi connectivity index (χ0n) is 15.0. The summed E-state index contributed by atoms with van der Waals surface area (Å²) in [6.07, 6.45) is -6.35. The number of alkyl halides is 3. The van der Waals surface area contributed by atoms with Crippen LogP contribution >= 0.6 is 0 Å². The van der Waals surface area contributed by atoms with E-state index in [0.29, 0.717) is 12.5 Å². The van der Waals surface area contributed by atoms with Gasteiger partial charge in [-0.1, -0.05) is 0 Å². The van der Waals surface area contributed by atoms with Crippen LogP contribution in [0.2, 0.25) is 0 Å². The molecule has 0 unspecified atom stereocenters. The fourth-order valence-electron chi connectivity index (χ4n) is 4.45.